The van der Waals surface area contributed by atoms with Crippen LogP contribution in [0.5, 0.6) is 0 Å². The Morgan fingerprint density at radius 1 is 0.286 bits per heavy atom. The highest BCUT2D eigenvalue weighted by atomic mass is 16.3. The van der Waals surface area contributed by atoms with Gasteiger partial charge in [0.05, 0.1) is 18.8 Å². The Morgan fingerprint density at radius 3 is 0.750 bits per heavy atom. The number of carbonyl (C=O) groups is 1. The largest absolute Gasteiger partial charge is 0.394 e. The lowest BCUT2D eigenvalue weighted by molar-refractivity contribution is -0.132. The molecule has 0 aromatic rings. The minimum atomic E-state index is -1.29. The molecule has 0 aliphatic heterocycles. The van der Waals surface area contributed by atoms with Gasteiger partial charge in [0, 0.05) is 0 Å². The third kappa shape index (κ3) is 65.0. The molecule has 5 N–H and O–H groups in total. The summed E-state index contributed by atoms with van der Waals surface area (Å²) in [5.41, 5.74) is 0. The van der Waals surface area contributed by atoms with E-state index in [4.69, 9.17) is 0 Å². The molecule has 498 valence electrons. The molecule has 4 unspecified atom stereocenters. The zero-order valence-corrected chi connectivity index (χ0v) is 56.9. The zero-order chi connectivity index (χ0) is 60.8. The first-order chi connectivity index (χ1) is 41.5. The van der Waals surface area contributed by atoms with Crippen molar-refractivity contribution in [3.8, 4) is 0 Å². The van der Waals surface area contributed by atoms with Gasteiger partial charge in [-0.15, -0.1) is 0 Å². The van der Waals surface area contributed by atoms with Gasteiger partial charge in [-0.1, -0.05) is 384 Å². The molecule has 0 rings (SSSR count). The highest BCUT2D eigenvalue weighted by molar-refractivity contribution is 5.80. The molecule has 0 spiro atoms. The van der Waals surface area contributed by atoms with Crippen LogP contribution in [0.25, 0.3) is 0 Å². The predicted octanol–water partition coefficient (Wildman–Crippen LogP) is 24.2. The molecule has 6 nitrogen and oxygen atoms in total. The normalized spacial score (nSPS) is 13.5. The van der Waals surface area contributed by atoms with Gasteiger partial charge in [0.15, 0.2) is 0 Å². The molecule has 84 heavy (non-hydrogen) atoms. The average molecular weight is 1180 g/mol. The summed E-state index contributed by atoms with van der Waals surface area (Å²) in [6, 6.07) is -1.01. The molecule has 0 aliphatic rings. The first kappa shape index (κ1) is 82.5. The van der Waals surface area contributed by atoms with Crippen LogP contribution in [0.3, 0.4) is 0 Å². The van der Waals surface area contributed by atoms with Crippen LogP contribution in [-0.4, -0.2) is 57.3 Å². The summed E-state index contributed by atoms with van der Waals surface area (Å²) in [7, 11) is 0. The summed E-state index contributed by atoms with van der Waals surface area (Å²) in [4.78, 5) is 12.7. The second kappa shape index (κ2) is 72.3. The van der Waals surface area contributed by atoms with E-state index in [1.54, 1.807) is 0 Å². The van der Waals surface area contributed by atoms with Crippen molar-refractivity contribution in [2.75, 3.05) is 6.61 Å². The summed E-state index contributed by atoms with van der Waals surface area (Å²) in [6.45, 7) is 4.10. The second-order valence-electron chi connectivity index (χ2n) is 26.7. The first-order valence-electron chi connectivity index (χ1n) is 38.4. The molecule has 0 saturated heterocycles. The van der Waals surface area contributed by atoms with E-state index in [2.05, 4.69) is 55.6 Å². The summed E-state index contributed by atoms with van der Waals surface area (Å²) < 4.78 is 0. The number of amides is 1. The van der Waals surface area contributed by atoms with Crippen molar-refractivity contribution in [1.82, 2.24) is 5.32 Å². The minimum absolute atomic E-state index is 0.363. The van der Waals surface area contributed by atoms with Crippen molar-refractivity contribution in [2.24, 2.45) is 0 Å². The minimum Gasteiger partial charge on any atom is -0.394 e. The standard InChI is InChI=1S/C78H151NO5/c1-3-5-7-9-11-13-15-17-19-21-23-25-27-29-31-33-35-36-37-38-39-40-41-42-44-46-48-50-52-54-56-58-60-62-64-66-68-70-72-76(82)78(84)79-74(73-80)77(83)75(81)71-69-67-65-63-61-59-57-55-53-51-49-47-45-43-34-32-30-28-26-24-22-20-18-16-14-12-10-8-6-4-2/h38-39,55,57,63,65,74-77,80-83H,3-37,40-54,56,58-62,64,66-73H2,1-2H3,(H,79,84)/b39-38-,57-55+,65-63+. The second-order valence-corrected chi connectivity index (χ2v) is 26.7. The molecule has 4 atom stereocenters. The van der Waals surface area contributed by atoms with Crippen molar-refractivity contribution in [1.29, 1.82) is 0 Å². The fraction of sp³-hybridized carbons (Fsp3) is 0.910. The van der Waals surface area contributed by atoms with E-state index in [0.29, 0.717) is 19.3 Å². The van der Waals surface area contributed by atoms with Gasteiger partial charge >= 0.3 is 0 Å². The molecule has 0 saturated carbocycles. The smallest absolute Gasteiger partial charge is 0.249 e. The van der Waals surface area contributed by atoms with Crippen molar-refractivity contribution in [3.05, 3.63) is 36.5 Å². The Hall–Kier alpha value is -1.47. The lowest BCUT2D eigenvalue weighted by Gasteiger charge is -2.27. The average Bonchev–Trinajstić information content (AvgIpc) is 3.53. The summed E-state index contributed by atoms with van der Waals surface area (Å²) in [5.74, 6) is -0.590. The first-order valence-corrected chi connectivity index (χ1v) is 38.4. The fourth-order valence-electron chi connectivity index (χ4n) is 12.4. The van der Waals surface area contributed by atoms with Crippen LogP contribution < -0.4 is 5.32 Å². The molecule has 0 fully saturated rings. The fourth-order valence-corrected chi connectivity index (χ4v) is 12.4. The Kier molecular flexibility index (Phi) is 71.0. The van der Waals surface area contributed by atoms with Gasteiger partial charge < -0.3 is 25.7 Å². The number of aliphatic hydroxyl groups excluding tert-OH is 4. The van der Waals surface area contributed by atoms with Gasteiger partial charge in [-0.25, -0.2) is 0 Å². The zero-order valence-electron chi connectivity index (χ0n) is 56.9. The van der Waals surface area contributed by atoms with Crippen molar-refractivity contribution in [2.45, 2.75) is 449 Å². The van der Waals surface area contributed by atoms with E-state index in [1.165, 1.54) is 353 Å². The van der Waals surface area contributed by atoms with E-state index in [9.17, 15) is 25.2 Å². The number of unbranched alkanes of at least 4 members (excludes halogenated alkanes) is 57. The van der Waals surface area contributed by atoms with Gasteiger partial charge in [0.1, 0.15) is 12.2 Å². The Morgan fingerprint density at radius 2 is 0.500 bits per heavy atom. The monoisotopic (exact) mass is 1180 g/mol. The Labute approximate surface area is 526 Å². The molecule has 0 bridgehead atoms. The van der Waals surface area contributed by atoms with Crippen LogP contribution in [-0.2, 0) is 4.79 Å². The third-order valence-corrected chi connectivity index (χ3v) is 18.3. The van der Waals surface area contributed by atoms with E-state index in [1.807, 2.05) is 0 Å². The summed E-state index contributed by atoms with van der Waals surface area (Å²) in [5, 5.41) is 44.3. The van der Waals surface area contributed by atoms with E-state index >= 15 is 0 Å². The number of hydrogen-bond donors (Lipinski definition) is 5. The van der Waals surface area contributed by atoms with E-state index in [0.717, 1.165) is 38.5 Å². The Balaban J connectivity index is 3.55. The molecule has 1 amide bonds. The third-order valence-electron chi connectivity index (χ3n) is 18.3. The van der Waals surface area contributed by atoms with Gasteiger partial charge in [0.25, 0.3) is 0 Å². The molecule has 0 radical (unpaired) electrons. The summed E-state index contributed by atoms with van der Waals surface area (Å²) >= 11 is 0. The number of hydrogen-bond acceptors (Lipinski definition) is 5. The van der Waals surface area contributed by atoms with E-state index in [-0.39, 0.29) is 0 Å². The topological polar surface area (TPSA) is 110 Å². The SMILES string of the molecule is CCCCCCCCCCCCCCCCCCCC/C=C\CCCCCCCCCCCCCCCCCCC(O)C(=O)NC(CO)C(O)C(O)CCC/C=C/CC/C=C/CCCCCCCCCCCCCCCCCCCCCCC. The van der Waals surface area contributed by atoms with Gasteiger partial charge in [0.2, 0.25) is 5.91 Å². The van der Waals surface area contributed by atoms with Crippen molar-refractivity contribution < 1.29 is 25.2 Å². The molecule has 0 aliphatic carbocycles. The van der Waals surface area contributed by atoms with Gasteiger partial charge in [-0.3, -0.25) is 4.79 Å². The molecular formula is C78H151NO5. The maximum Gasteiger partial charge on any atom is 0.249 e. The number of nitrogens with one attached hydrogen (secondary N) is 1. The highest BCUT2D eigenvalue weighted by Crippen LogP contribution is 2.20. The maximum absolute atomic E-state index is 12.7. The molecule has 0 aromatic carbocycles. The number of rotatable bonds is 72. The number of aliphatic hydroxyl groups is 4. The molecule has 0 aromatic heterocycles. The van der Waals surface area contributed by atoms with Crippen LogP contribution >= 0.6 is 0 Å². The van der Waals surface area contributed by atoms with Crippen LogP contribution in [0.2, 0.25) is 0 Å². The van der Waals surface area contributed by atoms with Gasteiger partial charge in [-0.2, -0.15) is 0 Å². The van der Waals surface area contributed by atoms with Crippen molar-refractivity contribution >= 4 is 5.91 Å². The van der Waals surface area contributed by atoms with E-state index < -0.39 is 36.9 Å². The Bertz CT molecular complexity index is 1330. The number of carbonyl (C=O) groups excluding carboxylic acids is 1. The molecular weight excluding hydrogens is 1030 g/mol. The van der Waals surface area contributed by atoms with Crippen LogP contribution in [0.15, 0.2) is 36.5 Å². The summed E-state index contributed by atoms with van der Waals surface area (Å²) in [6.07, 6.45) is 94.6. The lowest BCUT2D eigenvalue weighted by Crippen LogP contribution is -2.53. The lowest BCUT2D eigenvalue weighted by atomic mass is 10.00. The van der Waals surface area contributed by atoms with Crippen LogP contribution in [0.1, 0.15) is 425 Å². The predicted molar refractivity (Wildman–Crippen MR) is 371 cm³/mol. The number of allylic oxidation sites excluding steroid dienone is 6. The quantitative estimate of drug-likeness (QED) is 0.0308. The van der Waals surface area contributed by atoms with Crippen LogP contribution in [0.4, 0.5) is 0 Å². The highest BCUT2D eigenvalue weighted by Gasteiger charge is 2.28. The van der Waals surface area contributed by atoms with Crippen molar-refractivity contribution in [3.63, 3.8) is 0 Å². The molecule has 6 heteroatoms. The molecule has 0 heterocycles. The van der Waals surface area contributed by atoms with Gasteiger partial charge in [-0.05, 0) is 77.0 Å². The van der Waals surface area contributed by atoms with Crippen LogP contribution in [0, 0.1) is 0 Å². The maximum atomic E-state index is 12.7.